The molecule has 0 atom stereocenters. The summed E-state index contributed by atoms with van der Waals surface area (Å²) < 4.78 is 1.30. The maximum Gasteiger partial charge on any atom is 0.276 e. The summed E-state index contributed by atoms with van der Waals surface area (Å²) in [6.07, 6.45) is 0. The molecule has 1 aromatic carbocycles. The highest BCUT2D eigenvalue weighted by atomic mass is 16.3. The van der Waals surface area contributed by atoms with Crippen molar-refractivity contribution in [2.24, 2.45) is 5.73 Å². The summed E-state index contributed by atoms with van der Waals surface area (Å²) in [7, 11) is 0. The number of rotatable bonds is 2. The van der Waals surface area contributed by atoms with E-state index >= 15 is 0 Å². The van der Waals surface area contributed by atoms with Crippen molar-refractivity contribution in [1.29, 1.82) is 0 Å². The van der Waals surface area contributed by atoms with Crippen LogP contribution in [0.3, 0.4) is 0 Å². The second-order valence-electron chi connectivity index (χ2n) is 3.55. The Morgan fingerprint density at radius 1 is 1.44 bits per heavy atom. The number of nitrogens with one attached hydrogen (secondary N) is 1. The van der Waals surface area contributed by atoms with Crippen LogP contribution in [0.15, 0.2) is 29.1 Å². The van der Waals surface area contributed by atoms with Crippen molar-refractivity contribution in [3.8, 4) is 11.4 Å². The van der Waals surface area contributed by atoms with Gasteiger partial charge in [0.2, 0.25) is 0 Å². The molecule has 0 aliphatic rings. The molecule has 0 bridgehead atoms. The standard InChI is InChI=1S/C11H13N3O2/c1-7-8(6-12)11(16)14(13-7)9-4-2-3-5-10(9)15/h2-5,13,15H,6,12H2,1H3. The van der Waals surface area contributed by atoms with Gasteiger partial charge in [0.15, 0.2) is 0 Å². The topological polar surface area (TPSA) is 84.0 Å². The van der Waals surface area contributed by atoms with Gasteiger partial charge in [0.25, 0.3) is 5.56 Å². The molecular formula is C11H13N3O2. The van der Waals surface area contributed by atoms with Gasteiger partial charge in [-0.2, -0.15) is 0 Å². The number of nitrogens with two attached hydrogens (primary N) is 1. The zero-order chi connectivity index (χ0) is 11.7. The van der Waals surface area contributed by atoms with Gasteiger partial charge in [0, 0.05) is 12.2 Å². The molecular weight excluding hydrogens is 206 g/mol. The number of phenols is 1. The molecule has 0 radical (unpaired) electrons. The Morgan fingerprint density at radius 3 is 2.69 bits per heavy atom. The molecule has 0 spiro atoms. The van der Waals surface area contributed by atoms with E-state index in [0.717, 1.165) is 5.69 Å². The Labute approximate surface area is 92.1 Å². The first kappa shape index (κ1) is 10.5. The fourth-order valence-electron chi connectivity index (χ4n) is 1.64. The number of nitrogens with zero attached hydrogens (tertiary/aromatic N) is 1. The predicted octanol–water partition coefficient (Wildman–Crippen LogP) is 0.638. The van der Waals surface area contributed by atoms with E-state index in [2.05, 4.69) is 5.10 Å². The number of H-pyrrole nitrogens is 1. The van der Waals surface area contributed by atoms with Crippen LogP contribution in [0.2, 0.25) is 0 Å². The molecule has 84 valence electrons. The van der Waals surface area contributed by atoms with Crippen LogP contribution in [-0.2, 0) is 6.54 Å². The van der Waals surface area contributed by atoms with E-state index in [0.29, 0.717) is 11.3 Å². The number of aromatic nitrogens is 2. The van der Waals surface area contributed by atoms with Crippen molar-refractivity contribution < 1.29 is 5.11 Å². The maximum atomic E-state index is 11.9. The van der Waals surface area contributed by atoms with Gasteiger partial charge in [0.05, 0.1) is 5.56 Å². The van der Waals surface area contributed by atoms with Crippen molar-refractivity contribution >= 4 is 0 Å². The van der Waals surface area contributed by atoms with Gasteiger partial charge < -0.3 is 10.8 Å². The van der Waals surface area contributed by atoms with Gasteiger partial charge in [0.1, 0.15) is 11.4 Å². The average Bonchev–Trinajstić information content (AvgIpc) is 2.55. The van der Waals surface area contributed by atoms with E-state index in [1.165, 1.54) is 10.7 Å². The summed E-state index contributed by atoms with van der Waals surface area (Å²) in [5.41, 5.74) is 6.94. The Balaban J connectivity index is 2.67. The zero-order valence-corrected chi connectivity index (χ0v) is 8.90. The summed E-state index contributed by atoms with van der Waals surface area (Å²) in [4.78, 5) is 11.9. The Morgan fingerprint density at radius 2 is 2.12 bits per heavy atom. The molecule has 5 nitrogen and oxygen atoms in total. The quantitative estimate of drug-likeness (QED) is 0.693. The van der Waals surface area contributed by atoms with Crippen LogP contribution in [0.4, 0.5) is 0 Å². The number of phenolic OH excluding ortho intramolecular Hbond substituents is 1. The van der Waals surface area contributed by atoms with Gasteiger partial charge in [-0.1, -0.05) is 12.1 Å². The Kier molecular flexibility index (Phi) is 2.54. The normalized spacial score (nSPS) is 10.6. The molecule has 1 heterocycles. The first-order valence-electron chi connectivity index (χ1n) is 4.94. The third-order valence-corrected chi connectivity index (χ3v) is 2.52. The van der Waals surface area contributed by atoms with Crippen molar-refractivity contribution in [3.63, 3.8) is 0 Å². The van der Waals surface area contributed by atoms with Crippen LogP contribution >= 0.6 is 0 Å². The van der Waals surface area contributed by atoms with E-state index < -0.39 is 0 Å². The molecule has 1 aromatic heterocycles. The molecule has 0 fully saturated rings. The summed E-state index contributed by atoms with van der Waals surface area (Å²) >= 11 is 0. The highest BCUT2D eigenvalue weighted by Crippen LogP contribution is 2.18. The SMILES string of the molecule is Cc1[nH]n(-c2ccccc2O)c(=O)c1CN. The number of para-hydroxylation sites is 2. The van der Waals surface area contributed by atoms with Crippen molar-refractivity contribution in [3.05, 3.63) is 45.9 Å². The third-order valence-electron chi connectivity index (χ3n) is 2.52. The zero-order valence-electron chi connectivity index (χ0n) is 8.90. The lowest BCUT2D eigenvalue weighted by Crippen LogP contribution is -2.19. The summed E-state index contributed by atoms with van der Waals surface area (Å²) in [6, 6.07) is 6.64. The first-order valence-corrected chi connectivity index (χ1v) is 4.94. The van der Waals surface area contributed by atoms with Crippen LogP contribution in [0.5, 0.6) is 5.75 Å². The molecule has 0 saturated carbocycles. The van der Waals surface area contributed by atoms with Crippen LogP contribution in [0.25, 0.3) is 5.69 Å². The van der Waals surface area contributed by atoms with Crippen LogP contribution in [0, 0.1) is 6.92 Å². The van der Waals surface area contributed by atoms with Crippen LogP contribution in [-0.4, -0.2) is 14.9 Å². The van der Waals surface area contributed by atoms with Gasteiger partial charge >= 0.3 is 0 Å². The number of aromatic amines is 1. The molecule has 5 heteroatoms. The fourth-order valence-corrected chi connectivity index (χ4v) is 1.64. The second-order valence-corrected chi connectivity index (χ2v) is 3.55. The van der Waals surface area contributed by atoms with E-state index in [1.807, 2.05) is 0 Å². The van der Waals surface area contributed by atoms with Gasteiger partial charge in [-0.15, -0.1) is 0 Å². The summed E-state index contributed by atoms with van der Waals surface area (Å²) in [6.45, 7) is 1.96. The fraction of sp³-hybridized carbons (Fsp3) is 0.182. The molecule has 0 aliphatic heterocycles. The molecule has 2 rings (SSSR count). The van der Waals surface area contributed by atoms with Gasteiger partial charge in [-0.05, 0) is 19.1 Å². The highest BCUT2D eigenvalue weighted by Gasteiger charge is 2.12. The smallest absolute Gasteiger partial charge is 0.276 e. The highest BCUT2D eigenvalue weighted by molar-refractivity contribution is 5.45. The average molecular weight is 219 g/mol. The van der Waals surface area contributed by atoms with Crippen LogP contribution in [0.1, 0.15) is 11.3 Å². The lowest BCUT2D eigenvalue weighted by atomic mass is 10.2. The first-order chi connectivity index (χ1) is 7.65. The summed E-state index contributed by atoms with van der Waals surface area (Å²) in [5.74, 6) is 0.0504. The molecule has 0 unspecified atom stereocenters. The summed E-state index contributed by atoms with van der Waals surface area (Å²) in [5, 5.41) is 12.5. The number of hydrogen-bond donors (Lipinski definition) is 3. The van der Waals surface area contributed by atoms with E-state index in [-0.39, 0.29) is 17.9 Å². The third kappa shape index (κ3) is 1.51. The molecule has 2 aromatic rings. The number of aryl methyl sites for hydroxylation is 1. The number of hydrogen-bond acceptors (Lipinski definition) is 3. The molecule has 0 amide bonds. The molecule has 4 N–H and O–H groups in total. The molecule has 0 saturated heterocycles. The minimum atomic E-state index is -0.221. The molecule has 0 aliphatic carbocycles. The Bertz CT molecular complexity index is 569. The van der Waals surface area contributed by atoms with E-state index in [9.17, 15) is 9.90 Å². The van der Waals surface area contributed by atoms with Crippen molar-refractivity contribution in [2.45, 2.75) is 13.5 Å². The van der Waals surface area contributed by atoms with Gasteiger partial charge in [-0.3, -0.25) is 9.89 Å². The van der Waals surface area contributed by atoms with Crippen molar-refractivity contribution in [1.82, 2.24) is 9.78 Å². The molecule has 16 heavy (non-hydrogen) atoms. The number of aromatic hydroxyl groups is 1. The van der Waals surface area contributed by atoms with Crippen LogP contribution < -0.4 is 11.3 Å². The Hall–Kier alpha value is -2.01. The monoisotopic (exact) mass is 219 g/mol. The maximum absolute atomic E-state index is 11.9. The van der Waals surface area contributed by atoms with Crippen molar-refractivity contribution in [2.75, 3.05) is 0 Å². The number of benzene rings is 1. The van der Waals surface area contributed by atoms with Gasteiger partial charge in [-0.25, -0.2) is 4.68 Å². The second kappa shape index (κ2) is 3.86. The largest absolute Gasteiger partial charge is 0.506 e. The van der Waals surface area contributed by atoms with E-state index in [4.69, 9.17) is 5.73 Å². The minimum absolute atomic E-state index is 0.0504. The van der Waals surface area contributed by atoms with E-state index in [1.54, 1.807) is 25.1 Å². The lowest BCUT2D eigenvalue weighted by molar-refractivity contribution is 0.469. The predicted molar refractivity (Wildman–Crippen MR) is 60.7 cm³/mol. The lowest BCUT2D eigenvalue weighted by Gasteiger charge is -2.03. The minimum Gasteiger partial charge on any atom is -0.506 e.